The molecule has 24 heavy (non-hydrogen) atoms. The third kappa shape index (κ3) is 5.66. The maximum Gasteiger partial charge on any atom is 1.00 e. The van der Waals surface area contributed by atoms with Gasteiger partial charge in [-0.2, -0.15) is 6.42 Å². The number of rotatable bonds is 7. The summed E-state index contributed by atoms with van der Waals surface area (Å²) in [7, 11) is 0. The van der Waals surface area contributed by atoms with Gasteiger partial charge in [0.15, 0.2) is 0 Å². The molecule has 1 heterocycles. The molecule has 2 atom stereocenters. The number of aryl methyl sites for hydroxylation is 1. The van der Waals surface area contributed by atoms with Crippen molar-refractivity contribution in [3.8, 4) is 10.4 Å². The molecule has 0 aliphatic carbocycles. The number of carbonyl (C=O) groups is 1. The average molecular weight is 339 g/mol. The van der Waals surface area contributed by atoms with Crippen molar-refractivity contribution in [3.05, 3.63) is 54.4 Å². The van der Waals surface area contributed by atoms with E-state index in [2.05, 4.69) is 17.2 Å². The van der Waals surface area contributed by atoms with E-state index in [0.29, 0.717) is 0 Å². The van der Waals surface area contributed by atoms with Crippen molar-refractivity contribution in [1.82, 2.24) is 10.3 Å². The summed E-state index contributed by atoms with van der Waals surface area (Å²) in [5.41, 5.74) is 4.66. The molecule has 2 rings (SSSR count). The third-order valence-electron chi connectivity index (χ3n) is 3.40. The maximum atomic E-state index is 11.8. The standard InChI is InChI=1S/C17H20N2O3S.Li/c1-11(21)3-8-16(22)19-15(9-20)13-4-6-14(7-5-13)17-12(2)18-10-23-17;/h4-8,10-11,15,20-21H,1,3,9H2,2H3,(H,19,22);/q-2;+1/t11-,15-;/m0./s1. The molecule has 1 aromatic carbocycles. The molecule has 0 aliphatic heterocycles. The largest absolute Gasteiger partial charge is 1.00 e. The predicted octanol–water partition coefficient (Wildman–Crippen LogP) is -0.938. The second kappa shape index (κ2) is 9.87. The van der Waals surface area contributed by atoms with Crippen molar-refractivity contribution >= 4 is 17.2 Å². The minimum Gasteiger partial charge on any atom is -0.428 e. The van der Waals surface area contributed by atoms with Gasteiger partial charge in [0.2, 0.25) is 0 Å². The Balaban J connectivity index is 0.00000288. The van der Waals surface area contributed by atoms with Crippen LogP contribution in [0.15, 0.2) is 29.8 Å². The predicted molar refractivity (Wildman–Crippen MR) is 90.5 cm³/mol. The van der Waals surface area contributed by atoms with Crippen molar-refractivity contribution in [3.63, 3.8) is 0 Å². The van der Waals surface area contributed by atoms with Crippen LogP contribution in [0.2, 0.25) is 0 Å². The Bertz CT molecular complexity index is 644. The molecule has 0 saturated heterocycles. The van der Waals surface area contributed by atoms with Gasteiger partial charge in [-0.3, -0.25) is 0 Å². The zero-order valence-corrected chi connectivity index (χ0v) is 14.7. The molecule has 7 heteroatoms. The first-order valence-corrected chi connectivity index (χ1v) is 8.15. The summed E-state index contributed by atoms with van der Waals surface area (Å²) in [4.78, 5) is 17.1. The van der Waals surface area contributed by atoms with Gasteiger partial charge in [0.1, 0.15) is 0 Å². The quantitative estimate of drug-likeness (QED) is 0.449. The number of aromatic nitrogens is 1. The summed E-state index contributed by atoms with van der Waals surface area (Å²) >= 11 is 1.58. The van der Waals surface area contributed by atoms with Crippen LogP contribution in [-0.4, -0.2) is 33.8 Å². The molecule has 0 aliphatic rings. The number of hydrogen-bond donors (Lipinski definition) is 3. The third-order valence-corrected chi connectivity index (χ3v) is 4.37. The Hall–Kier alpha value is -1.29. The fraction of sp³-hybridized carbons (Fsp3) is 0.294. The number of carbonyl (C=O) groups excluding carboxylic acids is 1. The molecule has 5 nitrogen and oxygen atoms in total. The summed E-state index contributed by atoms with van der Waals surface area (Å²) in [6.45, 7) is 5.16. The van der Waals surface area contributed by atoms with E-state index < -0.39 is 12.1 Å². The molecule has 0 bridgehead atoms. The first-order chi connectivity index (χ1) is 11.0. The molecule has 1 amide bonds. The number of nitrogens with one attached hydrogen (secondary N) is 1. The van der Waals surface area contributed by atoms with E-state index >= 15 is 0 Å². The van der Waals surface area contributed by atoms with Gasteiger partial charge in [0.05, 0.1) is 34.6 Å². The summed E-state index contributed by atoms with van der Waals surface area (Å²) in [6.07, 6.45) is 0.693. The van der Waals surface area contributed by atoms with E-state index in [1.807, 2.05) is 36.7 Å². The average Bonchev–Trinajstić information content (AvgIpc) is 2.97. The maximum absolute atomic E-state index is 11.8. The summed E-state index contributed by atoms with van der Waals surface area (Å²) < 4.78 is 0. The van der Waals surface area contributed by atoms with Gasteiger partial charge in [0.25, 0.3) is 0 Å². The molecule has 3 N–H and O–H groups in total. The Morgan fingerprint density at radius 1 is 1.42 bits per heavy atom. The first kappa shape index (κ1) is 20.8. The zero-order chi connectivity index (χ0) is 16.8. The fourth-order valence-electron chi connectivity index (χ4n) is 2.15. The number of aliphatic hydroxyl groups is 2. The molecule has 0 radical (unpaired) electrons. The van der Waals surface area contributed by atoms with Crippen LogP contribution in [0, 0.1) is 20.3 Å². The van der Waals surface area contributed by atoms with E-state index in [9.17, 15) is 9.90 Å². The Kier molecular flexibility index (Phi) is 8.54. The molecule has 0 unspecified atom stereocenters. The van der Waals surface area contributed by atoms with Gasteiger partial charge in [-0.15, -0.1) is 11.3 Å². The molecule has 1 aromatic heterocycles. The number of aliphatic hydroxyl groups excluding tert-OH is 2. The number of thiazole rings is 1. The van der Waals surface area contributed by atoms with Crippen molar-refractivity contribution in [2.24, 2.45) is 0 Å². The smallest absolute Gasteiger partial charge is 0.428 e. The molecule has 0 fully saturated rings. The second-order valence-electron chi connectivity index (χ2n) is 5.23. The monoisotopic (exact) mass is 339 g/mol. The van der Waals surface area contributed by atoms with E-state index in [-0.39, 0.29) is 37.8 Å². The van der Waals surface area contributed by atoms with Gasteiger partial charge in [-0.05, 0) is 18.1 Å². The Labute approximate surface area is 158 Å². The Morgan fingerprint density at radius 2 is 2.08 bits per heavy atom. The number of amides is 1. The molecule has 0 spiro atoms. The zero-order valence-electron chi connectivity index (χ0n) is 13.9. The minimum absolute atomic E-state index is 0. The Morgan fingerprint density at radius 3 is 2.58 bits per heavy atom. The molecular weight excluding hydrogens is 319 g/mol. The first-order valence-electron chi connectivity index (χ1n) is 7.27. The van der Waals surface area contributed by atoms with Gasteiger partial charge in [0, 0.05) is 0 Å². The van der Waals surface area contributed by atoms with E-state index in [0.717, 1.165) is 21.7 Å². The van der Waals surface area contributed by atoms with Gasteiger partial charge < -0.3 is 33.7 Å². The van der Waals surface area contributed by atoms with E-state index in [1.54, 1.807) is 11.3 Å². The minimum atomic E-state index is -0.810. The second-order valence-corrected chi connectivity index (χ2v) is 6.08. The molecule has 124 valence electrons. The number of hydrogen-bond acceptors (Lipinski definition) is 5. The van der Waals surface area contributed by atoms with Crippen LogP contribution in [0.25, 0.3) is 10.4 Å². The van der Waals surface area contributed by atoms with Crippen LogP contribution < -0.4 is 24.2 Å². The van der Waals surface area contributed by atoms with Crippen molar-refractivity contribution in [2.75, 3.05) is 6.61 Å². The van der Waals surface area contributed by atoms with Crippen LogP contribution in [-0.2, 0) is 4.79 Å². The van der Waals surface area contributed by atoms with Crippen LogP contribution in [0.5, 0.6) is 0 Å². The van der Waals surface area contributed by atoms with Crippen molar-refractivity contribution in [1.29, 1.82) is 0 Å². The molecule has 2 aromatic rings. The van der Waals surface area contributed by atoms with Gasteiger partial charge in [-0.1, -0.05) is 30.4 Å². The summed E-state index contributed by atoms with van der Waals surface area (Å²) in [6, 6.07) is 7.18. The van der Waals surface area contributed by atoms with Crippen LogP contribution in [0.1, 0.15) is 23.7 Å². The van der Waals surface area contributed by atoms with Crippen LogP contribution >= 0.6 is 11.3 Å². The van der Waals surface area contributed by atoms with Crippen molar-refractivity contribution < 1.29 is 33.9 Å². The number of nitrogens with zero attached hydrogens (tertiary/aromatic N) is 1. The van der Waals surface area contributed by atoms with E-state index in [4.69, 9.17) is 5.11 Å². The molecular formula is C17H20LiN2O3S-. The number of benzene rings is 1. The van der Waals surface area contributed by atoms with Crippen molar-refractivity contribution in [2.45, 2.75) is 25.5 Å². The summed E-state index contributed by atoms with van der Waals surface area (Å²) in [5.74, 6) is -0.339. The SMILES string of the molecule is [CH2-][C@H](O)C[CH-]C(=O)N[C@@H](CO)c1ccc(-c2scnc2C)cc1.[Li+]. The van der Waals surface area contributed by atoms with Gasteiger partial charge in [-0.25, -0.2) is 4.98 Å². The normalized spacial score (nSPS) is 12.8. The molecule has 0 saturated carbocycles. The summed E-state index contributed by atoms with van der Waals surface area (Å²) in [5, 5.41) is 21.3. The van der Waals surface area contributed by atoms with Crippen LogP contribution in [0.3, 0.4) is 0 Å². The van der Waals surface area contributed by atoms with Crippen LogP contribution in [0.4, 0.5) is 0 Å². The van der Waals surface area contributed by atoms with Gasteiger partial charge >= 0.3 is 18.9 Å². The van der Waals surface area contributed by atoms with E-state index in [1.165, 1.54) is 6.42 Å². The topological polar surface area (TPSA) is 82.5 Å². The fourth-order valence-corrected chi connectivity index (χ4v) is 2.97.